The lowest BCUT2D eigenvalue weighted by Gasteiger charge is -1.94. The van der Waals surface area contributed by atoms with Crippen LogP contribution < -0.4 is 0 Å². The SMILES string of the molecule is F[B-](F)(F)F.N#[N+]c1cnc2ccccc2c1. The first kappa shape index (κ1) is 12.9. The second kappa shape index (κ2) is 5.25. The zero-order valence-corrected chi connectivity index (χ0v) is 8.39. The third-order valence-corrected chi connectivity index (χ3v) is 1.69. The van der Waals surface area contributed by atoms with Gasteiger partial charge in [0.15, 0.2) is 4.98 Å². The normalized spacial score (nSPS) is 10.3. The predicted octanol–water partition coefficient (Wildman–Crippen LogP) is 4.02. The van der Waals surface area contributed by atoms with Gasteiger partial charge in [-0.2, -0.15) is 0 Å². The highest BCUT2D eigenvalue weighted by molar-refractivity contribution is 6.50. The lowest BCUT2D eigenvalue weighted by atomic mass is 10.2. The van der Waals surface area contributed by atoms with Gasteiger partial charge in [0.25, 0.3) is 0 Å². The van der Waals surface area contributed by atoms with E-state index in [1.54, 1.807) is 6.07 Å². The molecule has 3 nitrogen and oxygen atoms in total. The maximum Gasteiger partial charge on any atom is 0.673 e. The number of diazo groups is 1. The maximum atomic E-state index is 9.75. The van der Waals surface area contributed by atoms with Crippen LogP contribution in [0.4, 0.5) is 23.0 Å². The summed E-state index contributed by atoms with van der Waals surface area (Å²) in [4.78, 5) is 7.16. The number of nitrogens with zero attached hydrogens (tertiary/aromatic N) is 3. The predicted molar refractivity (Wildman–Crippen MR) is 56.7 cm³/mol. The molecule has 0 spiro atoms. The van der Waals surface area contributed by atoms with Crippen LogP contribution in [0.3, 0.4) is 0 Å². The Hall–Kier alpha value is -2.17. The Morgan fingerprint density at radius 2 is 1.71 bits per heavy atom. The number of hydrogen-bond donors (Lipinski definition) is 0. The van der Waals surface area contributed by atoms with Gasteiger partial charge in [-0.05, 0) is 6.07 Å². The molecule has 0 fully saturated rings. The largest absolute Gasteiger partial charge is 0.673 e. The van der Waals surface area contributed by atoms with E-state index in [-0.39, 0.29) is 0 Å². The van der Waals surface area contributed by atoms with E-state index in [1.807, 2.05) is 24.3 Å². The lowest BCUT2D eigenvalue weighted by Crippen LogP contribution is -2.02. The molecule has 0 unspecified atom stereocenters. The number of hydrogen-bond acceptors (Lipinski definition) is 2. The van der Waals surface area contributed by atoms with Crippen molar-refractivity contribution in [3.8, 4) is 0 Å². The van der Waals surface area contributed by atoms with Gasteiger partial charge in [-0.25, -0.2) is 4.98 Å². The van der Waals surface area contributed by atoms with Gasteiger partial charge in [0.1, 0.15) is 6.20 Å². The van der Waals surface area contributed by atoms with Gasteiger partial charge in [-0.3, -0.25) is 0 Å². The van der Waals surface area contributed by atoms with Crippen molar-refractivity contribution in [2.45, 2.75) is 0 Å². The van der Waals surface area contributed by atoms with Gasteiger partial charge in [-0.1, -0.05) is 18.2 Å². The van der Waals surface area contributed by atoms with Gasteiger partial charge in [0, 0.05) is 11.5 Å². The Bertz CT molecular complexity index is 544. The summed E-state index contributed by atoms with van der Waals surface area (Å²) in [6, 6.07) is 9.46. The summed E-state index contributed by atoms with van der Waals surface area (Å²) in [5.74, 6) is 0. The molecule has 0 saturated carbocycles. The molecule has 0 aliphatic carbocycles. The van der Waals surface area contributed by atoms with Crippen molar-refractivity contribution >= 4 is 23.8 Å². The fourth-order valence-electron chi connectivity index (χ4n) is 1.11. The zero-order chi connectivity index (χ0) is 12.9. The van der Waals surface area contributed by atoms with E-state index in [0.29, 0.717) is 5.69 Å². The first-order valence-corrected chi connectivity index (χ1v) is 4.47. The third kappa shape index (κ3) is 4.93. The summed E-state index contributed by atoms with van der Waals surface area (Å²) in [5.41, 5.74) is 1.39. The van der Waals surface area contributed by atoms with Crippen LogP contribution in [0.1, 0.15) is 0 Å². The summed E-state index contributed by atoms with van der Waals surface area (Å²) in [6.45, 7) is 0. The molecule has 0 radical (unpaired) electrons. The van der Waals surface area contributed by atoms with Gasteiger partial charge in [-0.15, -0.1) is 0 Å². The molecular formula is C9H6BF4N3. The van der Waals surface area contributed by atoms with Crippen molar-refractivity contribution < 1.29 is 17.3 Å². The highest BCUT2D eigenvalue weighted by atomic mass is 19.5. The molecule has 1 aromatic heterocycles. The van der Waals surface area contributed by atoms with Crippen molar-refractivity contribution in [1.29, 1.82) is 5.39 Å². The second-order valence-corrected chi connectivity index (χ2v) is 2.98. The number of aromatic nitrogens is 1. The van der Waals surface area contributed by atoms with Crippen molar-refractivity contribution in [3.05, 3.63) is 41.5 Å². The Balaban J connectivity index is 0.000000249. The lowest BCUT2D eigenvalue weighted by molar-refractivity contribution is 0.368. The van der Waals surface area contributed by atoms with Crippen LogP contribution >= 0.6 is 0 Å². The van der Waals surface area contributed by atoms with E-state index in [0.717, 1.165) is 10.9 Å². The summed E-state index contributed by atoms with van der Waals surface area (Å²) >= 11 is 0. The van der Waals surface area contributed by atoms with Crippen LogP contribution in [-0.4, -0.2) is 12.2 Å². The topological polar surface area (TPSA) is 41.0 Å². The van der Waals surface area contributed by atoms with E-state index < -0.39 is 7.25 Å². The molecule has 2 aromatic rings. The first-order chi connectivity index (χ1) is 7.90. The zero-order valence-electron chi connectivity index (χ0n) is 8.39. The molecule has 0 aliphatic rings. The molecule has 2 rings (SSSR count). The third-order valence-electron chi connectivity index (χ3n) is 1.69. The Morgan fingerprint density at radius 3 is 2.29 bits per heavy atom. The molecule has 17 heavy (non-hydrogen) atoms. The minimum atomic E-state index is -6.00. The number of benzene rings is 1. The van der Waals surface area contributed by atoms with Gasteiger partial charge in [0.05, 0.1) is 5.52 Å². The molecule has 88 valence electrons. The second-order valence-electron chi connectivity index (χ2n) is 2.98. The van der Waals surface area contributed by atoms with Crippen molar-refractivity contribution in [1.82, 2.24) is 4.98 Å². The molecule has 8 heteroatoms. The van der Waals surface area contributed by atoms with Crippen LogP contribution in [-0.2, 0) is 0 Å². The van der Waals surface area contributed by atoms with Crippen molar-refractivity contribution in [2.24, 2.45) is 0 Å². The standard InChI is InChI=1S/C9H6N3.BF4/c10-12-8-5-7-3-1-2-4-9(7)11-6-8;2-1(3,4)5/h1-6H;/q+1;-1. The fourth-order valence-corrected chi connectivity index (χ4v) is 1.11. The quantitative estimate of drug-likeness (QED) is 0.398. The average molecular weight is 243 g/mol. The number of halogens is 4. The highest BCUT2D eigenvalue weighted by Gasteiger charge is 2.20. The molecule has 0 N–H and O–H groups in total. The fraction of sp³-hybridized carbons (Fsp3) is 0. The number of pyridine rings is 1. The summed E-state index contributed by atoms with van der Waals surface area (Å²) in [5, 5.41) is 9.46. The average Bonchev–Trinajstić information content (AvgIpc) is 2.26. The van der Waals surface area contributed by atoms with Crippen LogP contribution in [0.15, 0.2) is 36.5 Å². The van der Waals surface area contributed by atoms with Crippen LogP contribution in [0.2, 0.25) is 0 Å². The van der Waals surface area contributed by atoms with Crippen molar-refractivity contribution in [2.75, 3.05) is 0 Å². The molecule has 0 amide bonds. The molecule has 1 heterocycles. The van der Waals surface area contributed by atoms with E-state index in [2.05, 4.69) is 9.96 Å². The van der Waals surface area contributed by atoms with Gasteiger partial charge in [0.2, 0.25) is 5.39 Å². The van der Waals surface area contributed by atoms with Gasteiger partial charge >= 0.3 is 12.9 Å². The smallest absolute Gasteiger partial charge is 0.418 e. The number of rotatable bonds is 0. The molecule has 0 bridgehead atoms. The molecule has 0 atom stereocenters. The summed E-state index contributed by atoms with van der Waals surface area (Å²) < 4.78 is 39.0. The minimum absolute atomic E-state index is 0.480. The Morgan fingerprint density at radius 1 is 1.12 bits per heavy atom. The number of fused-ring (bicyclic) bond motifs is 1. The molecule has 0 aliphatic heterocycles. The highest BCUT2D eigenvalue weighted by Crippen LogP contribution is 2.17. The maximum absolute atomic E-state index is 9.75. The molecule has 1 aromatic carbocycles. The van der Waals surface area contributed by atoms with Gasteiger partial charge < -0.3 is 17.3 Å². The first-order valence-electron chi connectivity index (χ1n) is 4.47. The van der Waals surface area contributed by atoms with Crippen LogP contribution in [0.5, 0.6) is 0 Å². The molecular weight excluding hydrogens is 237 g/mol. The van der Waals surface area contributed by atoms with E-state index >= 15 is 0 Å². The Kier molecular flexibility index (Phi) is 3.98. The van der Waals surface area contributed by atoms with Crippen LogP contribution in [0.25, 0.3) is 15.9 Å². The van der Waals surface area contributed by atoms with Crippen molar-refractivity contribution in [3.63, 3.8) is 0 Å². The van der Waals surface area contributed by atoms with E-state index in [4.69, 9.17) is 5.39 Å². The molecule has 0 saturated heterocycles. The summed E-state index contributed by atoms with van der Waals surface area (Å²) in [7, 11) is -6.00. The van der Waals surface area contributed by atoms with Crippen LogP contribution in [0, 0.1) is 5.39 Å². The minimum Gasteiger partial charge on any atom is -0.418 e. The monoisotopic (exact) mass is 243 g/mol. The number of para-hydroxylation sites is 1. The van der Waals surface area contributed by atoms with E-state index in [9.17, 15) is 17.3 Å². The van der Waals surface area contributed by atoms with E-state index in [1.165, 1.54) is 6.20 Å². The Labute approximate surface area is 93.8 Å². The summed E-state index contributed by atoms with van der Waals surface area (Å²) in [6.07, 6.45) is 1.53.